The van der Waals surface area contributed by atoms with Gasteiger partial charge in [0.2, 0.25) is 11.8 Å². The molecule has 0 radical (unpaired) electrons. The van der Waals surface area contributed by atoms with Crippen LogP contribution in [0.2, 0.25) is 0 Å². The topological polar surface area (TPSA) is 99.8 Å². The van der Waals surface area contributed by atoms with Crippen LogP contribution in [0.15, 0.2) is 59.5 Å². The number of carbonyl (C=O) groups is 2. The minimum Gasteiger partial charge on any atom is -0.356 e. The number of hydrogen-bond acceptors (Lipinski definition) is 5. The van der Waals surface area contributed by atoms with Crippen LogP contribution in [0.4, 0.5) is 0 Å². The maximum absolute atomic E-state index is 12.5. The summed E-state index contributed by atoms with van der Waals surface area (Å²) in [5, 5.41) is 13.3. The molecule has 3 N–H and O–H groups in total. The molecule has 4 rings (SSSR count). The summed E-state index contributed by atoms with van der Waals surface area (Å²) in [7, 11) is 0. The SMILES string of the molecule is CSc1ccc(C[C@]2(CCC(=O)NCCc3nc(-c4ccccc4)n[nH]3)CCC(=O)N2)cc1. The van der Waals surface area contributed by atoms with E-state index in [1.165, 1.54) is 10.5 Å². The first-order chi connectivity index (χ1) is 16.0. The fraction of sp³-hybridized carbons (Fsp3) is 0.360. The number of benzene rings is 2. The Morgan fingerprint density at radius 1 is 1.15 bits per heavy atom. The van der Waals surface area contributed by atoms with Crippen molar-refractivity contribution in [1.29, 1.82) is 0 Å². The third-order valence-electron chi connectivity index (χ3n) is 6.02. The van der Waals surface area contributed by atoms with Crippen molar-refractivity contribution in [1.82, 2.24) is 25.8 Å². The predicted octanol–water partition coefficient (Wildman–Crippen LogP) is 3.52. The monoisotopic (exact) mass is 463 g/mol. The lowest BCUT2D eigenvalue weighted by Crippen LogP contribution is -2.44. The van der Waals surface area contributed by atoms with Gasteiger partial charge in [-0.3, -0.25) is 14.7 Å². The van der Waals surface area contributed by atoms with E-state index in [1.54, 1.807) is 11.8 Å². The summed E-state index contributed by atoms with van der Waals surface area (Å²) in [6.07, 6.45) is 5.63. The largest absolute Gasteiger partial charge is 0.356 e. The Balaban J connectivity index is 1.26. The number of carbonyl (C=O) groups excluding carboxylic acids is 2. The lowest BCUT2D eigenvalue weighted by atomic mass is 9.85. The summed E-state index contributed by atoms with van der Waals surface area (Å²) in [6.45, 7) is 0.484. The number of nitrogens with one attached hydrogen (secondary N) is 3. The fourth-order valence-corrected chi connectivity index (χ4v) is 4.61. The predicted molar refractivity (Wildman–Crippen MR) is 130 cm³/mol. The highest BCUT2D eigenvalue weighted by atomic mass is 32.2. The van der Waals surface area contributed by atoms with Gasteiger partial charge in [0.05, 0.1) is 0 Å². The van der Waals surface area contributed by atoms with Crippen molar-refractivity contribution in [2.24, 2.45) is 0 Å². The molecule has 7 nitrogen and oxygen atoms in total. The molecule has 3 aromatic rings. The molecular formula is C25H29N5O2S. The Morgan fingerprint density at radius 2 is 1.94 bits per heavy atom. The van der Waals surface area contributed by atoms with Crippen molar-refractivity contribution < 1.29 is 9.59 Å². The molecule has 0 spiro atoms. The van der Waals surface area contributed by atoms with Gasteiger partial charge in [0.1, 0.15) is 5.82 Å². The van der Waals surface area contributed by atoms with Gasteiger partial charge in [-0.05, 0) is 43.2 Å². The van der Waals surface area contributed by atoms with E-state index in [9.17, 15) is 9.59 Å². The van der Waals surface area contributed by atoms with Crippen LogP contribution in [0.1, 0.15) is 37.1 Å². The van der Waals surface area contributed by atoms with Gasteiger partial charge < -0.3 is 10.6 Å². The molecule has 2 amide bonds. The Morgan fingerprint density at radius 3 is 2.64 bits per heavy atom. The van der Waals surface area contributed by atoms with Gasteiger partial charge in [-0.15, -0.1) is 11.8 Å². The van der Waals surface area contributed by atoms with Crippen LogP contribution < -0.4 is 10.6 Å². The van der Waals surface area contributed by atoms with Crippen LogP contribution in [-0.2, 0) is 22.4 Å². The number of aromatic nitrogens is 3. The van der Waals surface area contributed by atoms with E-state index in [1.807, 2.05) is 30.3 Å². The molecule has 1 atom stereocenters. The second-order valence-electron chi connectivity index (χ2n) is 8.43. The Hall–Kier alpha value is -3.13. The van der Waals surface area contributed by atoms with E-state index in [4.69, 9.17) is 0 Å². The molecule has 1 fully saturated rings. The minimum absolute atomic E-state index is 0.0175. The summed E-state index contributed by atoms with van der Waals surface area (Å²) in [6, 6.07) is 18.2. The average Bonchev–Trinajstić information content (AvgIpc) is 3.46. The summed E-state index contributed by atoms with van der Waals surface area (Å²) >= 11 is 1.71. The molecule has 0 aliphatic carbocycles. The second kappa shape index (κ2) is 10.7. The van der Waals surface area contributed by atoms with Crippen molar-refractivity contribution in [3.8, 4) is 11.4 Å². The first-order valence-corrected chi connectivity index (χ1v) is 12.5. The molecule has 33 heavy (non-hydrogen) atoms. The molecule has 1 aliphatic rings. The van der Waals surface area contributed by atoms with E-state index in [0.29, 0.717) is 38.1 Å². The van der Waals surface area contributed by atoms with Crippen LogP contribution in [-0.4, -0.2) is 45.3 Å². The zero-order chi connectivity index (χ0) is 23.1. The number of amides is 2. The number of rotatable bonds is 10. The summed E-state index contributed by atoms with van der Waals surface area (Å²) in [4.78, 5) is 30.2. The number of H-pyrrole nitrogens is 1. The van der Waals surface area contributed by atoms with E-state index in [-0.39, 0.29) is 17.4 Å². The summed E-state index contributed by atoms with van der Waals surface area (Å²) < 4.78 is 0. The molecule has 0 unspecified atom stereocenters. The lowest BCUT2D eigenvalue weighted by molar-refractivity contribution is -0.122. The maximum atomic E-state index is 12.5. The first kappa shape index (κ1) is 23.0. The second-order valence-corrected chi connectivity index (χ2v) is 9.30. The lowest BCUT2D eigenvalue weighted by Gasteiger charge is -2.29. The summed E-state index contributed by atoms with van der Waals surface area (Å²) in [5.41, 5.74) is 1.77. The molecule has 1 saturated heterocycles. The summed E-state index contributed by atoms with van der Waals surface area (Å²) in [5.74, 6) is 1.44. The third-order valence-corrected chi connectivity index (χ3v) is 6.76. The van der Waals surface area contributed by atoms with E-state index in [2.05, 4.69) is 56.3 Å². The molecule has 172 valence electrons. The number of nitrogens with zero attached hydrogens (tertiary/aromatic N) is 2. The zero-order valence-corrected chi connectivity index (χ0v) is 19.6. The molecule has 8 heteroatoms. The van der Waals surface area contributed by atoms with Crippen molar-refractivity contribution >= 4 is 23.6 Å². The highest BCUT2D eigenvalue weighted by Crippen LogP contribution is 2.30. The van der Waals surface area contributed by atoms with Crippen molar-refractivity contribution in [3.63, 3.8) is 0 Å². The van der Waals surface area contributed by atoms with Gasteiger partial charge in [-0.25, -0.2) is 4.98 Å². The van der Waals surface area contributed by atoms with E-state index < -0.39 is 0 Å². The minimum atomic E-state index is -0.356. The van der Waals surface area contributed by atoms with Gasteiger partial charge in [0, 0.05) is 41.8 Å². The number of hydrogen-bond donors (Lipinski definition) is 3. The molecule has 1 aromatic heterocycles. The van der Waals surface area contributed by atoms with Gasteiger partial charge in [-0.2, -0.15) is 5.10 Å². The zero-order valence-electron chi connectivity index (χ0n) is 18.8. The fourth-order valence-electron chi connectivity index (χ4n) is 4.20. The van der Waals surface area contributed by atoms with E-state index in [0.717, 1.165) is 24.2 Å². The Kier molecular flexibility index (Phi) is 7.44. The van der Waals surface area contributed by atoms with Crippen molar-refractivity contribution in [2.45, 2.75) is 49.0 Å². The van der Waals surface area contributed by atoms with Crippen LogP contribution in [0.3, 0.4) is 0 Å². The highest BCUT2D eigenvalue weighted by molar-refractivity contribution is 7.98. The van der Waals surface area contributed by atoms with Gasteiger partial charge in [0.15, 0.2) is 5.82 Å². The third kappa shape index (κ3) is 6.22. The van der Waals surface area contributed by atoms with Gasteiger partial charge in [-0.1, -0.05) is 42.5 Å². The normalized spacial score (nSPS) is 17.7. The number of aromatic amines is 1. The van der Waals surface area contributed by atoms with Crippen LogP contribution >= 0.6 is 11.8 Å². The van der Waals surface area contributed by atoms with Gasteiger partial charge >= 0.3 is 0 Å². The van der Waals surface area contributed by atoms with Crippen LogP contribution in [0.5, 0.6) is 0 Å². The molecule has 0 bridgehead atoms. The van der Waals surface area contributed by atoms with Crippen molar-refractivity contribution in [3.05, 3.63) is 66.0 Å². The molecule has 0 saturated carbocycles. The standard InChI is InChI=1S/C25H29N5O2S/c1-33-20-9-7-18(8-10-20)17-25(15-12-23(32)28-25)14-11-22(31)26-16-13-21-27-24(30-29-21)19-5-3-2-4-6-19/h2-10H,11-17H2,1H3,(H,26,31)(H,28,32)(H,27,29,30)/t25-/m0/s1. The first-order valence-electron chi connectivity index (χ1n) is 11.2. The van der Waals surface area contributed by atoms with Crippen LogP contribution in [0, 0.1) is 0 Å². The Labute approximate surface area is 198 Å². The smallest absolute Gasteiger partial charge is 0.220 e. The quantitative estimate of drug-likeness (QED) is 0.400. The molecule has 2 heterocycles. The van der Waals surface area contributed by atoms with E-state index >= 15 is 0 Å². The average molecular weight is 464 g/mol. The molecule has 2 aromatic carbocycles. The van der Waals surface area contributed by atoms with Gasteiger partial charge in [0.25, 0.3) is 0 Å². The van der Waals surface area contributed by atoms with Crippen LogP contribution in [0.25, 0.3) is 11.4 Å². The maximum Gasteiger partial charge on any atom is 0.220 e. The highest BCUT2D eigenvalue weighted by Gasteiger charge is 2.37. The molecule has 1 aliphatic heterocycles. The number of thioether (sulfide) groups is 1. The molecular weight excluding hydrogens is 434 g/mol. The Bertz CT molecular complexity index is 1080. The van der Waals surface area contributed by atoms with Crippen molar-refractivity contribution in [2.75, 3.05) is 12.8 Å².